The van der Waals surface area contributed by atoms with Gasteiger partial charge in [0.25, 0.3) is 5.88 Å². The number of methoxy groups -OCH3 is 1. The Hall–Kier alpha value is -3.64. The predicted octanol–water partition coefficient (Wildman–Crippen LogP) is 3.89. The lowest BCUT2D eigenvalue weighted by atomic mass is 9.94. The number of aromatic nitrogens is 2. The molecular weight excluding hydrogens is 486 g/mol. The molecule has 1 saturated heterocycles. The number of carbonyl (C=O) groups is 1. The summed E-state index contributed by atoms with van der Waals surface area (Å²) in [5.74, 6) is -2.16. The van der Waals surface area contributed by atoms with Crippen LogP contribution in [0.3, 0.4) is 0 Å². The van der Waals surface area contributed by atoms with Crippen LogP contribution in [0, 0.1) is 11.7 Å². The van der Waals surface area contributed by atoms with Crippen LogP contribution in [0.1, 0.15) is 26.2 Å². The first-order valence-electron chi connectivity index (χ1n) is 11.3. The van der Waals surface area contributed by atoms with E-state index >= 15 is 0 Å². The van der Waals surface area contributed by atoms with E-state index < -0.39 is 42.1 Å². The third kappa shape index (κ3) is 5.44. The van der Waals surface area contributed by atoms with Crippen LogP contribution in [0.4, 0.5) is 29.2 Å². The fourth-order valence-electron chi connectivity index (χ4n) is 4.36. The number of piperidine rings is 1. The van der Waals surface area contributed by atoms with Crippen molar-refractivity contribution in [3.63, 3.8) is 0 Å². The molecular formula is C23H25F4N5O4. The summed E-state index contributed by atoms with van der Waals surface area (Å²) in [6, 6.07) is 5.42. The van der Waals surface area contributed by atoms with Crippen molar-refractivity contribution in [1.29, 1.82) is 0 Å². The van der Waals surface area contributed by atoms with Crippen LogP contribution >= 0.6 is 0 Å². The first-order chi connectivity index (χ1) is 17.1. The molecule has 2 aliphatic rings. The van der Waals surface area contributed by atoms with Crippen molar-refractivity contribution in [2.75, 3.05) is 30.1 Å². The van der Waals surface area contributed by atoms with E-state index in [0.29, 0.717) is 43.3 Å². The van der Waals surface area contributed by atoms with Gasteiger partial charge in [-0.3, -0.25) is 9.80 Å². The minimum Gasteiger partial charge on any atom is -0.490 e. The number of rotatable bonds is 7. The Morgan fingerprint density at radius 1 is 1.19 bits per heavy atom. The summed E-state index contributed by atoms with van der Waals surface area (Å²) in [4.78, 5) is 21.2. The van der Waals surface area contributed by atoms with E-state index in [4.69, 9.17) is 9.47 Å². The Kier molecular flexibility index (Phi) is 7.18. The number of anilines is 2. The average Bonchev–Trinajstić information content (AvgIpc) is 3.16. The number of ether oxygens (including phenoxy) is 2. The van der Waals surface area contributed by atoms with Gasteiger partial charge in [-0.15, -0.1) is 0 Å². The van der Waals surface area contributed by atoms with E-state index in [9.17, 15) is 27.5 Å². The molecule has 3 heterocycles. The third-order valence-corrected chi connectivity index (χ3v) is 6.23. The molecule has 13 heteroatoms. The van der Waals surface area contributed by atoms with Crippen LogP contribution in [-0.2, 0) is 4.79 Å². The second-order valence-electron chi connectivity index (χ2n) is 8.61. The maximum absolute atomic E-state index is 13.6. The highest BCUT2D eigenvalue weighted by atomic mass is 19.4. The molecule has 36 heavy (non-hydrogen) atoms. The number of carboxylic acids is 1. The van der Waals surface area contributed by atoms with Crippen LogP contribution in [0.25, 0.3) is 0 Å². The number of hydrazone groups is 1. The van der Waals surface area contributed by atoms with Crippen molar-refractivity contribution in [1.82, 2.24) is 9.97 Å². The molecule has 0 amide bonds. The topological polar surface area (TPSA) is 100 Å². The van der Waals surface area contributed by atoms with Gasteiger partial charge in [0.2, 0.25) is 11.8 Å². The number of aliphatic carboxylic acids is 1. The highest BCUT2D eigenvalue weighted by Crippen LogP contribution is 2.37. The van der Waals surface area contributed by atoms with E-state index in [0.717, 1.165) is 11.2 Å². The summed E-state index contributed by atoms with van der Waals surface area (Å²) in [7, 11) is 1.33. The second kappa shape index (κ2) is 10.2. The summed E-state index contributed by atoms with van der Waals surface area (Å²) in [5, 5.41) is 14.0. The fourth-order valence-corrected chi connectivity index (χ4v) is 4.36. The van der Waals surface area contributed by atoms with Gasteiger partial charge in [0, 0.05) is 31.8 Å². The van der Waals surface area contributed by atoms with Crippen molar-refractivity contribution in [2.45, 2.75) is 44.5 Å². The standard InChI is InChI=1S/C23H25F4N5O4/c1-13-18(11-19(33)34)32(30-20(13)23(25,26)27)14-3-5-15(6-4-14)36-16-7-9-31(10-8-16)22-28-12-17(24)21(29-22)35-2/h3-6,12-13,16,18H,7-11H2,1-2H3,(H,33,34)/t13-,18-/m0/s1. The zero-order valence-corrected chi connectivity index (χ0v) is 19.6. The van der Waals surface area contributed by atoms with E-state index in [1.165, 1.54) is 14.0 Å². The molecule has 0 spiro atoms. The van der Waals surface area contributed by atoms with Crippen molar-refractivity contribution >= 4 is 23.3 Å². The summed E-state index contributed by atoms with van der Waals surface area (Å²) in [5.41, 5.74) is -0.652. The van der Waals surface area contributed by atoms with Gasteiger partial charge in [-0.2, -0.15) is 27.6 Å². The number of halogens is 4. The molecule has 4 rings (SSSR count). The maximum Gasteiger partial charge on any atom is 0.431 e. The van der Waals surface area contributed by atoms with Gasteiger partial charge in [-0.1, -0.05) is 6.92 Å². The number of benzene rings is 1. The molecule has 194 valence electrons. The molecule has 2 aliphatic heterocycles. The van der Waals surface area contributed by atoms with Gasteiger partial charge in [-0.05, 0) is 24.3 Å². The SMILES string of the molecule is COc1nc(N2CCC(Oc3ccc(N4N=C(C(F)(F)F)[C@@H](C)[C@@H]4CC(=O)O)cc3)CC2)ncc1F. The predicted molar refractivity (Wildman–Crippen MR) is 122 cm³/mol. The second-order valence-corrected chi connectivity index (χ2v) is 8.61. The van der Waals surface area contributed by atoms with E-state index in [2.05, 4.69) is 15.1 Å². The molecule has 1 N–H and O–H groups in total. The van der Waals surface area contributed by atoms with E-state index in [1.54, 1.807) is 24.3 Å². The lowest BCUT2D eigenvalue weighted by molar-refractivity contribution is -0.137. The van der Waals surface area contributed by atoms with Crippen LogP contribution in [0.2, 0.25) is 0 Å². The van der Waals surface area contributed by atoms with Crippen molar-refractivity contribution in [3.05, 3.63) is 36.3 Å². The summed E-state index contributed by atoms with van der Waals surface area (Å²) >= 11 is 0. The van der Waals surface area contributed by atoms with Gasteiger partial charge < -0.3 is 19.5 Å². The Labute approximate surface area is 204 Å². The third-order valence-electron chi connectivity index (χ3n) is 6.23. The zero-order chi connectivity index (χ0) is 26.0. The van der Waals surface area contributed by atoms with Crippen LogP contribution < -0.4 is 19.4 Å². The van der Waals surface area contributed by atoms with Gasteiger partial charge in [0.05, 0.1) is 31.5 Å². The highest BCUT2D eigenvalue weighted by molar-refractivity contribution is 5.95. The quantitative estimate of drug-likeness (QED) is 0.559. The van der Waals surface area contributed by atoms with Gasteiger partial charge in [-0.25, -0.2) is 4.98 Å². The molecule has 0 aliphatic carbocycles. The van der Waals surface area contributed by atoms with E-state index in [1.807, 2.05) is 4.90 Å². The molecule has 2 atom stereocenters. The maximum atomic E-state index is 13.6. The average molecular weight is 511 g/mol. The number of nitrogens with zero attached hydrogens (tertiary/aromatic N) is 5. The first kappa shape index (κ1) is 25.5. The largest absolute Gasteiger partial charge is 0.490 e. The Balaban J connectivity index is 1.39. The zero-order valence-electron chi connectivity index (χ0n) is 19.6. The fraction of sp³-hybridized carbons (Fsp3) is 0.478. The summed E-state index contributed by atoms with van der Waals surface area (Å²) < 4.78 is 64.6. The minimum atomic E-state index is -4.65. The number of carboxylic acid groups (broad SMARTS) is 1. The van der Waals surface area contributed by atoms with Crippen molar-refractivity contribution in [2.24, 2.45) is 11.0 Å². The molecule has 9 nitrogen and oxygen atoms in total. The van der Waals surface area contributed by atoms with Crippen molar-refractivity contribution < 1.29 is 36.9 Å². The number of hydrogen-bond donors (Lipinski definition) is 1. The highest BCUT2D eigenvalue weighted by Gasteiger charge is 2.48. The number of alkyl halides is 3. The lowest BCUT2D eigenvalue weighted by Gasteiger charge is -2.32. The minimum absolute atomic E-state index is 0.115. The van der Waals surface area contributed by atoms with Crippen LogP contribution in [0.5, 0.6) is 11.6 Å². The lowest BCUT2D eigenvalue weighted by Crippen LogP contribution is -2.39. The molecule has 1 fully saturated rings. The van der Waals surface area contributed by atoms with Gasteiger partial charge >= 0.3 is 12.1 Å². The van der Waals surface area contributed by atoms with Crippen LogP contribution in [0.15, 0.2) is 35.6 Å². The number of hydrogen-bond acceptors (Lipinski definition) is 8. The van der Waals surface area contributed by atoms with Crippen molar-refractivity contribution in [3.8, 4) is 11.6 Å². The van der Waals surface area contributed by atoms with E-state index in [-0.39, 0.29) is 12.0 Å². The molecule has 1 aromatic heterocycles. The summed E-state index contributed by atoms with van der Waals surface area (Å²) in [6.07, 6.45) is -2.88. The van der Waals surface area contributed by atoms with Gasteiger partial charge in [0.1, 0.15) is 17.6 Å². The Morgan fingerprint density at radius 3 is 2.44 bits per heavy atom. The smallest absolute Gasteiger partial charge is 0.431 e. The molecule has 0 unspecified atom stereocenters. The monoisotopic (exact) mass is 511 g/mol. The molecule has 2 aromatic rings. The molecule has 0 bridgehead atoms. The first-order valence-corrected chi connectivity index (χ1v) is 11.3. The molecule has 0 saturated carbocycles. The Bertz CT molecular complexity index is 1120. The normalized spacial score (nSPS) is 20.9. The molecule has 0 radical (unpaired) electrons. The summed E-state index contributed by atoms with van der Waals surface area (Å²) in [6.45, 7) is 2.49. The Morgan fingerprint density at radius 2 is 1.86 bits per heavy atom. The molecule has 1 aromatic carbocycles. The van der Waals surface area contributed by atoms with Crippen LogP contribution in [-0.4, -0.2) is 65.3 Å². The van der Waals surface area contributed by atoms with Gasteiger partial charge in [0.15, 0.2) is 0 Å².